The van der Waals surface area contributed by atoms with Gasteiger partial charge in [0.2, 0.25) is 0 Å². The van der Waals surface area contributed by atoms with Crippen LogP contribution >= 0.6 is 15.9 Å². The SMILES string of the molecule is CCCC1COC(C2CCC(=O)CC2)OC1.CCCC1COC(C2CCC(O)(c3ccc(-c4cc(F)c(F)c(F)c4)c(F)c3)CC2)OC1.Fc1cc(Br)ccc1-c1cc(F)c(F)c(F)c1. The zero-order valence-electron chi connectivity index (χ0n) is 36.4. The second-order valence-electron chi connectivity index (χ2n) is 17.5. The number of Topliss-reactive ketones (excluding diaryl/α,β-unsaturated/α-hetero) is 1. The van der Waals surface area contributed by atoms with Crippen LogP contribution in [-0.4, -0.2) is 49.9 Å². The third-order valence-corrected chi connectivity index (χ3v) is 13.1. The Labute approximate surface area is 383 Å². The predicted octanol–water partition coefficient (Wildman–Crippen LogP) is 13.3. The van der Waals surface area contributed by atoms with Crippen molar-refractivity contribution in [3.05, 3.63) is 117 Å². The van der Waals surface area contributed by atoms with E-state index in [9.17, 15) is 45.0 Å². The Bertz CT molecular complexity index is 2160. The van der Waals surface area contributed by atoms with Crippen LogP contribution in [0.2, 0.25) is 0 Å². The van der Waals surface area contributed by atoms with Crippen molar-refractivity contribution in [2.45, 2.75) is 109 Å². The average molecular weight is 984 g/mol. The van der Waals surface area contributed by atoms with Crippen molar-refractivity contribution in [1.29, 1.82) is 0 Å². The second-order valence-corrected chi connectivity index (χ2v) is 18.4. The second kappa shape index (κ2) is 23.3. The van der Waals surface area contributed by atoms with Crippen LogP contribution in [0.1, 0.15) is 96.5 Å². The van der Waals surface area contributed by atoms with Gasteiger partial charge in [0.1, 0.15) is 17.4 Å². The molecular weight excluding hydrogens is 928 g/mol. The minimum Gasteiger partial charge on any atom is -0.385 e. The first-order valence-corrected chi connectivity index (χ1v) is 23.1. The molecule has 0 radical (unpaired) electrons. The van der Waals surface area contributed by atoms with Gasteiger partial charge in [-0.05, 0) is 111 Å². The molecule has 65 heavy (non-hydrogen) atoms. The highest BCUT2D eigenvalue weighted by Crippen LogP contribution is 2.43. The van der Waals surface area contributed by atoms with Gasteiger partial charge in [-0.3, -0.25) is 4.79 Å². The highest BCUT2D eigenvalue weighted by molar-refractivity contribution is 9.10. The molecule has 2 aliphatic carbocycles. The van der Waals surface area contributed by atoms with Gasteiger partial charge in [0, 0.05) is 52.1 Å². The summed E-state index contributed by atoms with van der Waals surface area (Å²) in [7, 11) is 0. The first kappa shape index (κ1) is 50.7. The maximum Gasteiger partial charge on any atom is 0.194 e. The van der Waals surface area contributed by atoms with Crippen LogP contribution in [0.3, 0.4) is 0 Å². The lowest BCUT2D eigenvalue weighted by molar-refractivity contribution is -0.233. The van der Waals surface area contributed by atoms with Gasteiger partial charge in [0.15, 0.2) is 47.5 Å². The maximum absolute atomic E-state index is 14.8. The Kier molecular flexibility index (Phi) is 18.2. The van der Waals surface area contributed by atoms with E-state index in [2.05, 4.69) is 29.8 Å². The Morgan fingerprint density at radius 3 is 1.37 bits per heavy atom. The summed E-state index contributed by atoms with van der Waals surface area (Å²) >= 11 is 3.06. The number of carbonyl (C=O) groups excluding carboxylic acids is 1. The lowest BCUT2D eigenvalue weighted by Crippen LogP contribution is -2.41. The summed E-state index contributed by atoms with van der Waals surface area (Å²) in [5.41, 5.74) is -0.996. The van der Waals surface area contributed by atoms with Gasteiger partial charge < -0.3 is 24.1 Å². The fourth-order valence-corrected chi connectivity index (χ4v) is 9.24. The van der Waals surface area contributed by atoms with Crippen molar-refractivity contribution < 1.29 is 64.0 Å². The van der Waals surface area contributed by atoms with Crippen molar-refractivity contribution in [3.63, 3.8) is 0 Å². The molecule has 4 aromatic carbocycles. The average Bonchev–Trinajstić information content (AvgIpc) is 3.29. The number of ether oxygens (including phenoxy) is 4. The molecule has 0 amide bonds. The molecule has 2 aliphatic heterocycles. The van der Waals surface area contributed by atoms with Crippen LogP contribution in [0.5, 0.6) is 0 Å². The summed E-state index contributed by atoms with van der Waals surface area (Å²) in [6.45, 7) is 7.39. The van der Waals surface area contributed by atoms with Gasteiger partial charge in [-0.25, -0.2) is 35.1 Å². The highest BCUT2D eigenvalue weighted by atomic mass is 79.9. The molecule has 0 aromatic heterocycles. The van der Waals surface area contributed by atoms with Gasteiger partial charge in [-0.15, -0.1) is 0 Å². The zero-order chi connectivity index (χ0) is 46.8. The van der Waals surface area contributed by atoms with Crippen molar-refractivity contribution in [1.82, 2.24) is 0 Å². The van der Waals surface area contributed by atoms with E-state index in [0.717, 1.165) is 69.2 Å². The van der Waals surface area contributed by atoms with Gasteiger partial charge >= 0.3 is 0 Å². The van der Waals surface area contributed by atoms with Gasteiger partial charge in [0.25, 0.3) is 0 Å². The summed E-state index contributed by atoms with van der Waals surface area (Å²) in [4.78, 5) is 11.1. The molecule has 15 heteroatoms. The van der Waals surface area contributed by atoms with E-state index in [1.54, 1.807) is 6.07 Å². The van der Waals surface area contributed by atoms with Crippen LogP contribution in [-0.2, 0) is 29.3 Å². The number of hydrogen-bond acceptors (Lipinski definition) is 6. The first-order valence-electron chi connectivity index (χ1n) is 22.3. The molecule has 8 rings (SSSR count). The summed E-state index contributed by atoms with van der Waals surface area (Å²) in [6.07, 6.45) is 9.79. The Balaban J connectivity index is 0.000000178. The van der Waals surface area contributed by atoms with Gasteiger partial charge in [0.05, 0.1) is 32.0 Å². The number of ketones is 1. The Morgan fingerprint density at radius 1 is 0.569 bits per heavy atom. The normalized spacial score (nSPS) is 25.0. The lowest BCUT2D eigenvalue weighted by Gasteiger charge is -2.41. The first-order chi connectivity index (χ1) is 31.1. The van der Waals surface area contributed by atoms with Crippen LogP contribution in [0.4, 0.5) is 35.1 Å². The molecule has 2 saturated heterocycles. The van der Waals surface area contributed by atoms with E-state index >= 15 is 0 Å². The topological polar surface area (TPSA) is 74.2 Å². The van der Waals surface area contributed by atoms with Crippen LogP contribution in [0.15, 0.2) is 65.1 Å². The number of benzene rings is 4. The van der Waals surface area contributed by atoms with Crippen LogP contribution in [0, 0.1) is 70.2 Å². The zero-order valence-corrected chi connectivity index (χ0v) is 38.0. The Morgan fingerprint density at radius 2 is 0.969 bits per heavy atom. The van der Waals surface area contributed by atoms with Crippen molar-refractivity contribution in [2.24, 2.45) is 23.7 Å². The molecule has 0 atom stereocenters. The molecule has 6 nitrogen and oxygen atoms in total. The van der Waals surface area contributed by atoms with Crippen molar-refractivity contribution in [2.75, 3.05) is 26.4 Å². The van der Waals surface area contributed by atoms with E-state index in [1.165, 1.54) is 37.1 Å². The standard InChI is InChI=1S/C25H28F4O3.C13H22O3.C12H5BrF4/c1-2-3-15-13-31-24(32-14-15)16-6-8-25(30,9-7-16)18-4-5-19(20(26)12-18)17-10-21(27)23(29)22(28)11-17;1-2-3-10-8-15-13(16-9-10)11-4-6-12(14)7-5-11;13-7-1-2-8(9(14)5-7)6-3-10(15)12(17)11(16)4-6/h4-5,10-12,15-16,24,30H,2-3,6-9,13-14H2,1H3;10-11,13H,2-9H2,1H3;1-5H. The maximum atomic E-state index is 14.8. The predicted molar refractivity (Wildman–Crippen MR) is 232 cm³/mol. The number of hydrogen-bond donors (Lipinski definition) is 1. The molecular formula is C50H55BrF8O6. The molecule has 0 bridgehead atoms. The fourth-order valence-electron chi connectivity index (χ4n) is 8.91. The molecule has 4 aliphatic rings. The number of rotatable bonds is 9. The monoisotopic (exact) mass is 982 g/mol. The third kappa shape index (κ3) is 13.3. The molecule has 4 aromatic rings. The number of carbonyl (C=O) groups is 1. The molecule has 0 spiro atoms. The number of halogens is 9. The molecule has 0 unspecified atom stereocenters. The summed E-state index contributed by atoms with van der Waals surface area (Å²) in [5.74, 6) is -7.97. The number of aliphatic hydroxyl groups is 1. The van der Waals surface area contributed by atoms with Gasteiger partial charge in [-0.2, -0.15) is 0 Å². The van der Waals surface area contributed by atoms with E-state index < -0.39 is 52.1 Å². The summed E-state index contributed by atoms with van der Waals surface area (Å²) in [5, 5.41) is 11.2. The van der Waals surface area contributed by atoms with Crippen LogP contribution in [0.25, 0.3) is 22.3 Å². The smallest absolute Gasteiger partial charge is 0.194 e. The quantitative estimate of drug-likeness (QED) is 0.133. The van der Waals surface area contributed by atoms with Crippen molar-refractivity contribution >= 4 is 21.7 Å². The lowest BCUT2D eigenvalue weighted by atomic mass is 9.74. The minimum absolute atomic E-state index is 0.00556. The van der Waals surface area contributed by atoms with Crippen molar-refractivity contribution in [3.8, 4) is 22.3 Å². The molecule has 4 fully saturated rings. The summed E-state index contributed by atoms with van der Waals surface area (Å²) in [6, 6.07) is 11.2. The van der Waals surface area contributed by atoms with E-state index in [0.29, 0.717) is 85.3 Å². The molecule has 2 saturated carbocycles. The largest absolute Gasteiger partial charge is 0.385 e. The summed E-state index contributed by atoms with van der Waals surface area (Å²) < 4.78 is 131. The highest BCUT2D eigenvalue weighted by Gasteiger charge is 2.40. The van der Waals surface area contributed by atoms with E-state index in [-0.39, 0.29) is 40.8 Å². The third-order valence-electron chi connectivity index (χ3n) is 12.6. The molecule has 2 heterocycles. The Hall–Kier alpha value is -3.73. The van der Waals surface area contributed by atoms with Gasteiger partial charge in [-0.1, -0.05) is 60.8 Å². The molecule has 1 N–H and O–H groups in total. The minimum atomic E-state index is -1.59. The van der Waals surface area contributed by atoms with E-state index in [1.807, 2.05) is 0 Å². The van der Waals surface area contributed by atoms with Crippen LogP contribution < -0.4 is 0 Å². The van der Waals surface area contributed by atoms with E-state index in [4.69, 9.17) is 18.9 Å². The fraction of sp³-hybridized carbons (Fsp3) is 0.500. The molecule has 354 valence electrons.